The van der Waals surface area contributed by atoms with E-state index in [2.05, 4.69) is 11.1 Å². The summed E-state index contributed by atoms with van der Waals surface area (Å²) < 4.78 is 5.27. The monoisotopic (exact) mass is 202 g/mol. The fourth-order valence-corrected chi connectivity index (χ4v) is 2.43. The van der Waals surface area contributed by atoms with Gasteiger partial charge in [0.05, 0.1) is 7.11 Å². The van der Waals surface area contributed by atoms with Crippen LogP contribution in [0.2, 0.25) is 0 Å². The summed E-state index contributed by atoms with van der Waals surface area (Å²) in [6, 6.07) is 4.32. The smallest absolute Gasteiger partial charge is 0.121 e. The zero-order valence-electron chi connectivity index (χ0n) is 8.71. The number of rotatable bonds is 1. The third-order valence-electron chi connectivity index (χ3n) is 3.23. The van der Waals surface area contributed by atoms with Gasteiger partial charge in [-0.05, 0) is 30.0 Å². The fraction of sp³-hybridized carbons (Fsp3) is 0.333. The van der Waals surface area contributed by atoms with E-state index < -0.39 is 0 Å². The number of aromatic nitrogens is 1. The highest BCUT2D eigenvalue weighted by Crippen LogP contribution is 2.36. The summed E-state index contributed by atoms with van der Waals surface area (Å²) in [5.74, 6) is 0.918. The van der Waals surface area contributed by atoms with Gasteiger partial charge in [-0.25, -0.2) is 0 Å². The van der Waals surface area contributed by atoms with Gasteiger partial charge in [0.1, 0.15) is 5.75 Å². The first-order valence-electron chi connectivity index (χ1n) is 5.23. The van der Waals surface area contributed by atoms with E-state index in [1.54, 1.807) is 7.11 Å². The highest BCUT2D eigenvalue weighted by atomic mass is 16.5. The first kappa shape index (κ1) is 8.80. The van der Waals surface area contributed by atoms with Crippen LogP contribution in [0.1, 0.15) is 23.6 Å². The molecule has 1 unspecified atom stereocenters. The number of hydrogen-bond donors (Lipinski definition) is 2. The molecule has 1 aromatic heterocycles. The Morgan fingerprint density at radius 1 is 1.47 bits per heavy atom. The number of nitrogens with one attached hydrogen (secondary N) is 1. The highest BCUT2D eigenvalue weighted by molar-refractivity contribution is 5.89. The molecular formula is C12H14N2O. The van der Waals surface area contributed by atoms with E-state index in [0.29, 0.717) is 0 Å². The molecule has 3 nitrogen and oxygen atoms in total. The van der Waals surface area contributed by atoms with Crippen LogP contribution >= 0.6 is 0 Å². The van der Waals surface area contributed by atoms with Crippen LogP contribution in [0, 0.1) is 0 Å². The molecule has 78 valence electrons. The lowest BCUT2D eigenvalue weighted by Gasteiger charge is -2.19. The van der Waals surface area contributed by atoms with Gasteiger partial charge in [-0.15, -0.1) is 0 Å². The Morgan fingerprint density at radius 3 is 3.13 bits per heavy atom. The molecule has 0 saturated heterocycles. The molecular weight excluding hydrogens is 188 g/mol. The van der Waals surface area contributed by atoms with E-state index in [-0.39, 0.29) is 6.04 Å². The van der Waals surface area contributed by atoms with Crippen molar-refractivity contribution in [1.29, 1.82) is 0 Å². The van der Waals surface area contributed by atoms with Gasteiger partial charge in [0.25, 0.3) is 0 Å². The lowest BCUT2D eigenvalue weighted by Crippen LogP contribution is -2.14. The van der Waals surface area contributed by atoms with Crippen LogP contribution in [0.4, 0.5) is 0 Å². The Morgan fingerprint density at radius 2 is 2.33 bits per heavy atom. The molecule has 15 heavy (non-hydrogen) atoms. The van der Waals surface area contributed by atoms with Gasteiger partial charge in [0.15, 0.2) is 0 Å². The van der Waals surface area contributed by atoms with Crippen LogP contribution in [0.3, 0.4) is 0 Å². The van der Waals surface area contributed by atoms with Crippen LogP contribution in [-0.2, 0) is 6.42 Å². The Labute approximate surface area is 88.2 Å². The molecule has 2 aromatic rings. The maximum absolute atomic E-state index is 6.07. The average Bonchev–Trinajstić information content (AvgIpc) is 2.68. The minimum Gasteiger partial charge on any atom is -0.497 e. The molecule has 3 heteroatoms. The number of nitrogens with two attached hydrogens (primary N) is 1. The standard InChI is InChI=1S/C12H14N2O/c1-15-8-4-7-2-3-10(13)9-6-14-11(5-8)12(7)9/h4-6,10,14H,2-3,13H2,1H3. The number of aromatic amines is 1. The lowest BCUT2D eigenvalue weighted by molar-refractivity contribution is 0.414. The fourth-order valence-electron chi connectivity index (χ4n) is 2.43. The molecule has 3 rings (SSSR count). The number of benzene rings is 1. The molecule has 0 saturated carbocycles. The summed E-state index contributed by atoms with van der Waals surface area (Å²) >= 11 is 0. The Bertz CT molecular complexity index is 516. The van der Waals surface area contributed by atoms with Gasteiger partial charge < -0.3 is 15.5 Å². The van der Waals surface area contributed by atoms with Crippen molar-refractivity contribution in [1.82, 2.24) is 4.98 Å². The molecule has 0 amide bonds. The first-order valence-corrected chi connectivity index (χ1v) is 5.23. The van der Waals surface area contributed by atoms with Crippen LogP contribution in [0.5, 0.6) is 5.75 Å². The van der Waals surface area contributed by atoms with E-state index >= 15 is 0 Å². The zero-order chi connectivity index (χ0) is 10.4. The molecule has 1 atom stereocenters. The number of H-pyrrole nitrogens is 1. The molecule has 1 aliphatic rings. The predicted molar refractivity (Wildman–Crippen MR) is 60.1 cm³/mol. The summed E-state index contributed by atoms with van der Waals surface area (Å²) in [6.07, 6.45) is 4.09. The molecule has 0 bridgehead atoms. The minimum atomic E-state index is 0.180. The molecule has 1 aliphatic carbocycles. The van der Waals surface area contributed by atoms with Gasteiger partial charge in [0.2, 0.25) is 0 Å². The normalized spacial score (nSPS) is 19.5. The van der Waals surface area contributed by atoms with Crippen molar-refractivity contribution in [2.24, 2.45) is 5.73 Å². The van der Waals surface area contributed by atoms with Gasteiger partial charge >= 0.3 is 0 Å². The highest BCUT2D eigenvalue weighted by Gasteiger charge is 2.20. The summed E-state index contributed by atoms with van der Waals surface area (Å²) in [5, 5.41) is 1.30. The SMILES string of the molecule is COc1cc2c3c(c[nH]c3c1)C(N)CC2. The van der Waals surface area contributed by atoms with Crippen molar-refractivity contribution in [3.05, 3.63) is 29.5 Å². The van der Waals surface area contributed by atoms with E-state index in [1.165, 1.54) is 16.5 Å². The number of aryl methyl sites for hydroxylation is 1. The minimum absolute atomic E-state index is 0.180. The molecule has 0 spiro atoms. The van der Waals surface area contributed by atoms with E-state index in [4.69, 9.17) is 10.5 Å². The van der Waals surface area contributed by atoms with Crippen LogP contribution in [-0.4, -0.2) is 12.1 Å². The predicted octanol–water partition coefficient (Wildman–Crippen LogP) is 2.12. The molecule has 0 radical (unpaired) electrons. The maximum atomic E-state index is 6.07. The van der Waals surface area contributed by atoms with Gasteiger partial charge in [-0.1, -0.05) is 0 Å². The maximum Gasteiger partial charge on any atom is 0.121 e. The first-order chi connectivity index (χ1) is 7.29. The van der Waals surface area contributed by atoms with E-state index in [9.17, 15) is 0 Å². The number of hydrogen-bond acceptors (Lipinski definition) is 2. The summed E-state index contributed by atoms with van der Waals surface area (Å²) in [5.41, 5.74) is 9.80. The third kappa shape index (κ3) is 1.16. The van der Waals surface area contributed by atoms with Crippen molar-refractivity contribution >= 4 is 10.9 Å². The van der Waals surface area contributed by atoms with Gasteiger partial charge in [-0.3, -0.25) is 0 Å². The van der Waals surface area contributed by atoms with Gasteiger partial charge in [-0.2, -0.15) is 0 Å². The van der Waals surface area contributed by atoms with Crippen LogP contribution in [0.15, 0.2) is 18.3 Å². The Kier molecular flexibility index (Phi) is 1.76. The quantitative estimate of drug-likeness (QED) is 0.744. The van der Waals surface area contributed by atoms with Crippen molar-refractivity contribution in [3.8, 4) is 5.75 Å². The van der Waals surface area contributed by atoms with Crippen molar-refractivity contribution in [2.75, 3.05) is 7.11 Å². The molecule has 1 heterocycles. The van der Waals surface area contributed by atoms with E-state index in [0.717, 1.165) is 24.1 Å². The number of ether oxygens (including phenoxy) is 1. The molecule has 0 fully saturated rings. The van der Waals surface area contributed by atoms with Crippen molar-refractivity contribution in [3.63, 3.8) is 0 Å². The van der Waals surface area contributed by atoms with Crippen LogP contribution < -0.4 is 10.5 Å². The Hall–Kier alpha value is -1.48. The largest absolute Gasteiger partial charge is 0.497 e. The third-order valence-corrected chi connectivity index (χ3v) is 3.23. The zero-order valence-corrected chi connectivity index (χ0v) is 8.71. The average molecular weight is 202 g/mol. The molecule has 0 aliphatic heterocycles. The van der Waals surface area contributed by atoms with Crippen molar-refractivity contribution in [2.45, 2.75) is 18.9 Å². The summed E-state index contributed by atoms with van der Waals surface area (Å²) in [4.78, 5) is 3.27. The summed E-state index contributed by atoms with van der Waals surface area (Å²) in [7, 11) is 1.70. The second kappa shape index (κ2) is 3.00. The van der Waals surface area contributed by atoms with Crippen molar-refractivity contribution < 1.29 is 4.74 Å². The van der Waals surface area contributed by atoms with Gasteiger partial charge in [0, 0.05) is 29.2 Å². The topological polar surface area (TPSA) is 51.0 Å². The summed E-state index contributed by atoms with van der Waals surface area (Å²) in [6.45, 7) is 0. The van der Waals surface area contributed by atoms with Crippen LogP contribution in [0.25, 0.3) is 10.9 Å². The second-order valence-electron chi connectivity index (χ2n) is 4.10. The Balaban J connectivity index is 2.34. The number of methoxy groups -OCH3 is 1. The molecule has 3 N–H and O–H groups in total. The van der Waals surface area contributed by atoms with E-state index in [1.807, 2.05) is 12.3 Å². The lowest BCUT2D eigenvalue weighted by atomic mass is 9.89. The molecule has 1 aromatic carbocycles. The second-order valence-corrected chi connectivity index (χ2v) is 4.10.